The molecule has 0 spiro atoms. The van der Waals surface area contributed by atoms with E-state index in [0.717, 1.165) is 4.31 Å². The molecule has 45 heavy (non-hydrogen) atoms. The van der Waals surface area contributed by atoms with Crippen LogP contribution in [0.1, 0.15) is 26.3 Å². The first-order chi connectivity index (χ1) is 21.3. The van der Waals surface area contributed by atoms with E-state index in [0.29, 0.717) is 22.8 Å². The summed E-state index contributed by atoms with van der Waals surface area (Å²) in [4.78, 5) is 24.8. The highest BCUT2D eigenvalue weighted by Gasteiger charge is 2.31. The number of methoxy groups -OCH3 is 4. The molecule has 0 aliphatic carbocycles. The van der Waals surface area contributed by atoms with E-state index >= 15 is 0 Å². The molecule has 0 aliphatic rings. The second kappa shape index (κ2) is 15.1. The number of esters is 1. The molecule has 0 aromatic heterocycles. The van der Waals surface area contributed by atoms with Crippen molar-refractivity contribution in [3.05, 3.63) is 66.2 Å². The van der Waals surface area contributed by atoms with Crippen molar-refractivity contribution in [3.8, 4) is 28.7 Å². The smallest absolute Gasteiger partial charge is 0.344 e. The second-order valence-corrected chi connectivity index (χ2v) is 12.2. The van der Waals surface area contributed by atoms with Gasteiger partial charge >= 0.3 is 5.97 Å². The Balaban J connectivity index is 1.80. The first-order valence-electron chi connectivity index (χ1n) is 13.5. The first-order valence-corrected chi connectivity index (χ1v) is 15.0. The molecular formula is C31H37N3O10S. The zero-order valence-electron chi connectivity index (χ0n) is 26.2. The van der Waals surface area contributed by atoms with Crippen LogP contribution in [0.15, 0.2) is 70.7 Å². The number of hydrogen-bond donors (Lipinski definition) is 1. The lowest BCUT2D eigenvalue weighted by Crippen LogP contribution is -2.39. The number of amides is 1. The fourth-order valence-corrected chi connectivity index (χ4v) is 5.34. The van der Waals surface area contributed by atoms with Crippen LogP contribution in [0.25, 0.3) is 0 Å². The number of sulfonamides is 1. The molecule has 1 amide bonds. The summed E-state index contributed by atoms with van der Waals surface area (Å²) in [6.45, 7) is 4.39. The molecule has 0 aliphatic heterocycles. The number of ether oxygens (including phenoxy) is 6. The number of nitrogens with one attached hydrogen (secondary N) is 1. The molecule has 3 aromatic rings. The highest BCUT2D eigenvalue weighted by molar-refractivity contribution is 7.92. The Hall–Kier alpha value is -4.98. The zero-order chi connectivity index (χ0) is 33.2. The maximum atomic E-state index is 14.0. The van der Waals surface area contributed by atoms with E-state index < -0.39 is 34.0 Å². The largest absolute Gasteiger partial charge is 0.497 e. The molecule has 0 radical (unpaired) electrons. The van der Waals surface area contributed by atoms with E-state index in [4.69, 9.17) is 28.4 Å². The Morgan fingerprint density at radius 1 is 0.822 bits per heavy atom. The van der Waals surface area contributed by atoms with Crippen LogP contribution in [-0.4, -0.2) is 73.7 Å². The van der Waals surface area contributed by atoms with Crippen LogP contribution in [0.2, 0.25) is 0 Å². The van der Waals surface area contributed by atoms with E-state index in [2.05, 4.69) is 10.5 Å². The van der Waals surface area contributed by atoms with Gasteiger partial charge in [0, 0.05) is 12.1 Å². The normalized spacial score (nSPS) is 11.4. The number of nitrogens with zero attached hydrogens (tertiary/aromatic N) is 2. The monoisotopic (exact) mass is 643 g/mol. The second-order valence-electron chi connectivity index (χ2n) is 10.3. The van der Waals surface area contributed by atoms with Crippen molar-refractivity contribution in [2.75, 3.05) is 45.9 Å². The van der Waals surface area contributed by atoms with Crippen molar-refractivity contribution in [1.82, 2.24) is 5.43 Å². The molecule has 13 nitrogen and oxygen atoms in total. The average molecular weight is 644 g/mol. The Morgan fingerprint density at radius 3 is 2.04 bits per heavy atom. The van der Waals surface area contributed by atoms with Crippen molar-refractivity contribution in [2.24, 2.45) is 5.10 Å². The molecule has 1 N–H and O–H groups in total. The Morgan fingerprint density at radius 2 is 1.44 bits per heavy atom. The summed E-state index contributed by atoms with van der Waals surface area (Å²) in [5.41, 5.74) is 2.40. The third-order valence-corrected chi connectivity index (χ3v) is 7.70. The van der Waals surface area contributed by atoms with Crippen LogP contribution in [0.3, 0.4) is 0 Å². The Bertz CT molecular complexity index is 1620. The van der Waals surface area contributed by atoms with Crippen molar-refractivity contribution >= 4 is 33.8 Å². The predicted octanol–water partition coefficient (Wildman–Crippen LogP) is 3.79. The Kier molecular flexibility index (Phi) is 11.6. The number of hydrogen-bond acceptors (Lipinski definition) is 11. The van der Waals surface area contributed by atoms with Crippen molar-refractivity contribution in [2.45, 2.75) is 31.3 Å². The molecular weight excluding hydrogens is 606 g/mol. The van der Waals surface area contributed by atoms with E-state index in [1.807, 2.05) is 0 Å². The lowest BCUT2D eigenvalue weighted by atomic mass is 10.2. The topological polar surface area (TPSA) is 151 Å². The number of rotatable bonds is 14. The molecule has 14 heteroatoms. The first kappa shape index (κ1) is 34.5. The van der Waals surface area contributed by atoms with Gasteiger partial charge in [-0.1, -0.05) is 0 Å². The van der Waals surface area contributed by atoms with Crippen LogP contribution >= 0.6 is 0 Å². The van der Waals surface area contributed by atoms with Gasteiger partial charge in [-0.2, -0.15) is 5.10 Å². The predicted molar refractivity (Wildman–Crippen MR) is 167 cm³/mol. The van der Waals surface area contributed by atoms with E-state index in [1.54, 1.807) is 51.1 Å². The third-order valence-electron chi connectivity index (χ3n) is 5.94. The minimum Gasteiger partial charge on any atom is -0.497 e. The van der Waals surface area contributed by atoms with E-state index in [9.17, 15) is 18.0 Å². The maximum absolute atomic E-state index is 14.0. The molecule has 0 heterocycles. The van der Waals surface area contributed by atoms with Crippen LogP contribution in [0.4, 0.5) is 5.69 Å². The van der Waals surface area contributed by atoms with Crippen molar-refractivity contribution in [1.29, 1.82) is 0 Å². The van der Waals surface area contributed by atoms with Gasteiger partial charge in [0.2, 0.25) is 0 Å². The molecule has 0 fully saturated rings. The number of benzene rings is 3. The summed E-state index contributed by atoms with van der Waals surface area (Å²) >= 11 is 0. The minimum absolute atomic E-state index is 0.0627. The highest BCUT2D eigenvalue weighted by Crippen LogP contribution is 2.37. The molecule has 0 bridgehead atoms. The molecule has 0 unspecified atom stereocenters. The van der Waals surface area contributed by atoms with E-state index in [1.165, 1.54) is 65.0 Å². The zero-order valence-corrected chi connectivity index (χ0v) is 27.0. The fraction of sp³-hybridized carbons (Fsp3) is 0.323. The number of hydrazone groups is 1. The van der Waals surface area contributed by atoms with Crippen LogP contribution in [0.5, 0.6) is 28.7 Å². The minimum atomic E-state index is -4.37. The van der Waals surface area contributed by atoms with Gasteiger partial charge in [0.15, 0.2) is 18.1 Å². The quantitative estimate of drug-likeness (QED) is 0.156. The molecule has 3 aromatic carbocycles. The average Bonchev–Trinajstić information content (AvgIpc) is 3.01. The summed E-state index contributed by atoms with van der Waals surface area (Å²) < 4.78 is 60.7. The lowest BCUT2D eigenvalue weighted by molar-refractivity contribution is -0.157. The van der Waals surface area contributed by atoms with Crippen LogP contribution in [0, 0.1) is 0 Å². The summed E-state index contributed by atoms with van der Waals surface area (Å²) in [6, 6.07) is 15.2. The van der Waals surface area contributed by atoms with Crippen LogP contribution in [-0.2, 0) is 24.3 Å². The van der Waals surface area contributed by atoms with Crippen LogP contribution < -0.4 is 33.4 Å². The van der Waals surface area contributed by atoms with Gasteiger partial charge in [0.25, 0.3) is 15.9 Å². The van der Waals surface area contributed by atoms with Gasteiger partial charge in [-0.3, -0.25) is 9.10 Å². The molecule has 242 valence electrons. The van der Waals surface area contributed by atoms with Gasteiger partial charge in [0.1, 0.15) is 29.4 Å². The van der Waals surface area contributed by atoms with Gasteiger partial charge in [-0.15, -0.1) is 0 Å². The number of carbonyl (C=O) groups is 2. The standard InChI is InChI=1S/C31H37N3O10S/c1-31(2,3)44-30(36)20-43-22-10-8-21(9-11-22)18-32-33-29(35)19-34(25-16-23(39-4)12-14-26(25)40-5)45(37,38)24-13-15-27(41-6)28(17-24)42-7/h8-18H,19-20H2,1-7H3,(H,33,35)/b32-18-. The van der Waals surface area contributed by atoms with Gasteiger partial charge < -0.3 is 28.4 Å². The highest BCUT2D eigenvalue weighted by atomic mass is 32.2. The molecule has 0 atom stereocenters. The maximum Gasteiger partial charge on any atom is 0.344 e. The van der Waals surface area contributed by atoms with Gasteiger partial charge in [-0.25, -0.2) is 18.6 Å². The Labute approximate surface area is 262 Å². The number of anilines is 1. The van der Waals surface area contributed by atoms with Gasteiger partial charge in [0.05, 0.1) is 45.2 Å². The summed E-state index contributed by atoms with van der Waals surface area (Å²) in [6.07, 6.45) is 1.37. The van der Waals surface area contributed by atoms with E-state index in [-0.39, 0.29) is 28.7 Å². The summed E-state index contributed by atoms with van der Waals surface area (Å²) in [7, 11) is 1.26. The summed E-state index contributed by atoms with van der Waals surface area (Å²) in [5, 5.41) is 3.96. The molecule has 0 saturated heterocycles. The van der Waals surface area contributed by atoms with Crippen molar-refractivity contribution < 1.29 is 46.4 Å². The summed E-state index contributed by atoms with van der Waals surface area (Å²) in [5.74, 6) is 0.246. The van der Waals surface area contributed by atoms with Crippen molar-refractivity contribution in [3.63, 3.8) is 0 Å². The lowest BCUT2D eigenvalue weighted by Gasteiger charge is -2.26. The third kappa shape index (κ3) is 9.50. The van der Waals surface area contributed by atoms with Gasteiger partial charge in [-0.05, 0) is 74.9 Å². The molecule has 0 saturated carbocycles. The SMILES string of the molecule is COc1ccc(OC)c(N(CC(=O)N/N=C\c2ccc(OCC(=O)OC(C)(C)C)cc2)S(=O)(=O)c2ccc(OC)c(OC)c2)c1. The fourth-order valence-electron chi connectivity index (χ4n) is 3.90. The molecule has 3 rings (SSSR count). The number of carbonyl (C=O) groups excluding carboxylic acids is 2.